The molecule has 5 heteroatoms. The first-order chi connectivity index (χ1) is 9.49. The number of nitrogens with two attached hydrogens (primary N) is 1. The van der Waals surface area contributed by atoms with Gasteiger partial charge in [0.15, 0.2) is 0 Å². The minimum atomic E-state index is -0.328. The summed E-state index contributed by atoms with van der Waals surface area (Å²) in [6, 6.07) is 5.04. The van der Waals surface area contributed by atoms with Crippen LogP contribution in [0.4, 0.5) is 10.1 Å². The lowest BCUT2D eigenvalue weighted by atomic mass is 9.95. The molecule has 3 nitrogen and oxygen atoms in total. The summed E-state index contributed by atoms with van der Waals surface area (Å²) < 4.78 is 13.9. The van der Waals surface area contributed by atoms with Gasteiger partial charge in [0.25, 0.3) is 0 Å². The van der Waals surface area contributed by atoms with Crippen LogP contribution in [0.5, 0.6) is 0 Å². The van der Waals surface area contributed by atoms with Crippen molar-refractivity contribution < 1.29 is 4.39 Å². The maximum atomic E-state index is 13.9. The lowest BCUT2D eigenvalue weighted by molar-refractivity contribution is 0.285. The Morgan fingerprint density at radius 3 is 2.60 bits per heavy atom. The average Bonchev–Trinajstić information content (AvgIpc) is 2.38. The number of thiocarbonyl (C=S) groups is 1. The van der Waals surface area contributed by atoms with Gasteiger partial charge in [0.2, 0.25) is 0 Å². The van der Waals surface area contributed by atoms with E-state index in [1.807, 2.05) is 6.07 Å². The third kappa shape index (κ3) is 3.46. The Bertz CT molecular complexity index is 482. The van der Waals surface area contributed by atoms with Gasteiger partial charge in [-0.1, -0.05) is 18.3 Å². The van der Waals surface area contributed by atoms with Gasteiger partial charge in [0.05, 0.1) is 5.56 Å². The first-order valence-electron chi connectivity index (χ1n) is 6.97. The molecule has 0 saturated carbocycles. The van der Waals surface area contributed by atoms with Gasteiger partial charge < -0.3 is 15.5 Å². The summed E-state index contributed by atoms with van der Waals surface area (Å²) in [6.45, 7) is 2.97. The largest absolute Gasteiger partial charge is 0.389 e. The van der Waals surface area contributed by atoms with Crippen molar-refractivity contribution in [2.75, 3.05) is 38.6 Å². The van der Waals surface area contributed by atoms with Crippen LogP contribution in [0.2, 0.25) is 0 Å². The zero-order valence-electron chi connectivity index (χ0n) is 12.1. The molecule has 0 aliphatic carbocycles. The highest BCUT2D eigenvalue weighted by molar-refractivity contribution is 7.80. The fraction of sp³-hybridized carbons (Fsp3) is 0.533. The van der Waals surface area contributed by atoms with Crippen molar-refractivity contribution in [2.24, 2.45) is 11.7 Å². The van der Waals surface area contributed by atoms with E-state index in [1.165, 1.54) is 6.07 Å². The Labute approximate surface area is 125 Å². The van der Waals surface area contributed by atoms with Crippen LogP contribution in [0.25, 0.3) is 0 Å². The van der Waals surface area contributed by atoms with Crippen molar-refractivity contribution >= 4 is 22.9 Å². The Morgan fingerprint density at radius 1 is 1.40 bits per heavy atom. The van der Waals surface area contributed by atoms with E-state index < -0.39 is 0 Å². The van der Waals surface area contributed by atoms with Crippen molar-refractivity contribution in [1.82, 2.24) is 4.90 Å². The molecule has 0 radical (unpaired) electrons. The standard InChI is InChI=1S/C15H22FN3S/c1-18(2)10-11-6-8-19(9-7-11)13-5-3-4-12(16)14(13)15(17)20/h3-5,11H,6-10H2,1-2H3,(H2,17,20). The van der Waals surface area contributed by atoms with E-state index in [1.54, 1.807) is 6.07 Å². The average molecular weight is 295 g/mol. The number of anilines is 1. The summed E-state index contributed by atoms with van der Waals surface area (Å²) in [6.07, 6.45) is 2.23. The SMILES string of the molecule is CN(C)CC1CCN(c2cccc(F)c2C(N)=S)CC1. The highest BCUT2D eigenvalue weighted by atomic mass is 32.1. The lowest BCUT2D eigenvalue weighted by Gasteiger charge is -2.35. The molecule has 1 aliphatic rings. The lowest BCUT2D eigenvalue weighted by Crippen LogP contribution is -2.38. The molecular formula is C15H22FN3S. The molecule has 1 aliphatic heterocycles. The molecule has 0 atom stereocenters. The molecule has 0 spiro atoms. The predicted molar refractivity (Wildman–Crippen MR) is 85.8 cm³/mol. The second kappa shape index (κ2) is 6.50. The molecule has 0 amide bonds. The number of hydrogen-bond donors (Lipinski definition) is 1. The first-order valence-corrected chi connectivity index (χ1v) is 7.38. The number of halogens is 1. The number of piperidine rings is 1. The Balaban J connectivity index is 2.11. The summed E-state index contributed by atoms with van der Waals surface area (Å²) in [4.78, 5) is 4.56. The van der Waals surface area contributed by atoms with E-state index in [4.69, 9.17) is 18.0 Å². The zero-order valence-corrected chi connectivity index (χ0v) is 12.9. The van der Waals surface area contributed by atoms with E-state index in [0.717, 1.165) is 38.2 Å². The summed E-state index contributed by atoms with van der Waals surface area (Å²) in [5.74, 6) is 0.383. The van der Waals surface area contributed by atoms with Crippen LogP contribution in [-0.2, 0) is 0 Å². The molecule has 1 saturated heterocycles. The summed E-state index contributed by atoms with van der Waals surface area (Å²) in [7, 11) is 4.20. The van der Waals surface area contributed by atoms with E-state index in [2.05, 4.69) is 23.9 Å². The molecule has 0 bridgehead atoms. The van der Waals surface area contributed by atoms with Crippen molar-refractivity contribution in [3.05, 3.63) is 29.6 Å². The molecule has 0 unspecified atom stereocenters. The number of benzene rings is 1. The van der Waals surface area contributed by atoms with E-state index in [9.17, 15) is 4.39 Å². The van der Waals surface area contributed by atoms with Gasteiger partial charge in [0, 0.05) is 25.3 Å². The second-order valence-corrected chi connectivity index (χ2v) is 6.13. The van der Waals surface area contributed by atoms with E-state index in [-0.39, 0.29) is 10.8 Å². The number of hydrogen-bond acceptors (Lipinski definition) is 3. The number of rotatable bonds is 4. The van der Waals surface area contributed by atoms with Crippen LogP contribution in [-0.4, -0.2) is 43.6 Å². The third-order valence-corrected chi connectivity index (χ3v) is 4.02. The minimum absolute atomic E-state index is 0.133. The van der Waals surface area contributed by atoms with Crippen LogP contribution >= 0.6 is 12.2 Å². The van der Waals surface area contributed by atoms with Crippen LogP contribution in [0.3, 0.4) is 0 Å². The molecule has 20 heavy (non-hydrogen) atoms. The van der Waals surface area contributed by atoms with Gasteiger partial charge in [-0.3, -0.25) is 0 Å². The van der Waals surface area contributed by atoms with Gasteiger partial charge in [-0.25, -0.2) is 4.39 Å². The fourth-order valence-corrected chi connectivity index (χ4v) is 3.10. The quantitative estimate of drug-likeness (QED) is 0.864. The Kier molecular flexibility index (Phi) is 4.94. The molecule has 110 valence electrons. The van der Waals surface area contributed by atoms with E-state index >= 15 is 0 Å². The normalized spacial score (nSPS) is 16.7. The van der Waals surface area contributed by atoms with Crippen molar-refractivity contribution in [3.8, 4) is 0 Å². The van der Waals surface area contributed by atoms with Gasteiger partial charge in [-0.05, 0) is 45.0 Å². The Morgan fingerprint density at radius 2 is 2.05 bits per heavy atom. The highest BCUT2D eigenvalue weighted by Gasteiger charge is 2.23. The van der Waals surface area contributed by atoms with Crippen LogP contribution in [0.1, 0.15) is 18.4 Å². The topological polar surface area (TPSA) is 32.5 Å². The van der Waals surface area contributed by atoms with Gasteiger partial charge in [-0.2, -0.15) is 0 Å². The summed E-state index contributed by atoms with van der Waals surface area (Å²) >= 11 is 4.99. The van der Waals surface area contributed by atoms with Crippen LogP contribution in [0.15, 0.2) is 18.2 Å². The van der Waals surface area contributed by atoms with Crippen LogP contribution < -0.4 is 10.6 Å². The second-order valence-electron chi connectivity index (χ2n) is 5.69. The molecule has 1 fully saturated rings. The van der Waals surface area contributed by atoms with Crippen molar-refractivity contribution in [2.45, 2.75) is 12.8 Å². The molecular weight excluding hydrogens is 273 g/mol. The smallest absolute Gasteiger partial charge is 0.135 e. The molecule has 2 rings (SSSR count). The third-order valence-electron chi connectivity index (χ3n) is 3.82. The van der Waals surface area contributed by atoms with Gasteiger partial charge in [-0.15, -0.1) is 0 Å². The predicted octanol–water partition coefficient (Wildman–Crippen LogP) is 2.24. The van der Waals surface area contributed by atoms with Gasteiger partial charge >= 0.3 is 0 Å². The highest BCUT2D eigenvalue weighted by Crippen LogP contribution is 2.28. The van der Waals surface area contributed by atoms with Crippen molar-refractivity contribution in [1.29, 1.82) is 0 Å². The molecule has 0 aromatic heterocycles. The minimum Gasteiger partial charge on any atom is -0.389 e. The summed E-state index contributed by atoms with van der Waals surface area (Å²) in [5, 5.41) is 0. The first kappa shape index (κ1) is 15.2. The Hall–Kier alpha value is -1.20. The van der Waals surface area contributed by atoms with E-state index in [0.29, 0.717) is 11.5 Å². The molecule has 1 aromatic rings. The maximum absolute atomic E-state index is 13.9. The monoisotopic (exact) mass is 295 g/mol. The summed E-state index contributed by atoms with van der Waals surface area (Å²) in [5.41, 5.74) is 6.89. The van der Waals surface area contributed by atoms with Crippen LogP contribution in [0, 0.1) is 11.7 Å². The fourth-order valence-electron chi connectivity index (χ4n) is 2.89. The zero-order chi connectivity index (χ0) is 14.7. The van der Waals surface area contributed by atoms with Crippen molar-refractivity contribution in [3.63, 3.8) is 0 Å². The number of nitrogens with zero attached hydrogens (tertiary/aromatic N) is 2. The molecule has 1 heterocycles. The molecule has 1 aromatic carbocycles. The maximum Gasteiger partial charge on any atom is 0.135 e. The van der Waals surface area contributed by atoms with Gasteiger partial charge in [0.1, 0.15) is 10.8 Å². The molecule has 2 N–H and O–H groups in total.